The molecule has 6 nitrogen and oxygen atoms in total. The van der Waals surface area contributed by atoms with Crippen molar-refractivity contribution < 1.29 is 14.7 Å². The number of carboxylic acids is 1. The number of halogens is 1. The highest BCUT2D eigenvalue weighted by Crippen LogP contribution is 2.07. The second-order valence-electron chi connectivity index (χ2n) is 3.16. The molecule has 0 spiro atoms. The number of aliphatic carboxylic acids is 1. The zero-order valence-corrected chi connectivity index (χ0v) is 9.47. The molecular formula is C9H10ClN3O3. The highest BCUT2D eigenvalue weighted by molar-refractivity contribution is 6.29. The van der Waals surface area contributed by atoms with Crippen molar-refractivity contribution in [1.29, 1.82) is 0 Å². The van der Waals surface area contributed by atoms with Crippen LogP contribution in [0.15, 0.2) is 12.4 Å². The Kier molecular flexibility index (Phi) is 3.78. The van der Waals surface area contributed by atoms with Crippen LogP contribution < -0.4 is 0 Å². The predicted molar refractivity (Wildman–Crippen MR) is 56.2 cm³/mol. The minimum Gasteiger partial charge on any atom is -0.480 e. The van der Waals surface area contributed by atoms with Crippen LogP contribution in [-0.2, 0) is 4.79 Å². The van der Waals surface area contributed by atoms with E-state index >= 15 is 0 Å². The molecule has 1 heterocycles. The smallest absolute Gasteiger partial charge is 0.326 e. The lowest BCUT2D eigenvalue weighted by Crippen LogP contribution is -2.40. The number of hydrogen-bond donors (Lipinski definition) is 1. The molecule has 1 aromatic rings. The van der Waals surface area contributed by atoms with Crippen molar-refractivity contribution in [3.63, 3.8) is 0 Å². The van der Waals surface area contributed by atoms with Crippen LogP contribution in [0.25, 0.3) is 0 Å². The van der Waals surface area contributed by atoms with Crippen LogP contribution in [0.5, 0.6) is 0 Å². The molecule has 0 aliphatic heterocycles. The Morgan fingerprint density at radius 2 is 2.12 bits per heavy atom. The first-order chi connectivity index (χ1) is 7.43. The molecule has 0 aliphatic carbocycles. The lowest BCUT2D eigenvalue weighted by atomic mass is 10.3. The van der Waals surface area contributed by atoms with E-state index in [-0.39, 0.29) is 10.8 Å². The van der Waals surface area contributed by atoms with Crippen LogP contribution in [0, 0.1) is 0 Å². The van der Waals surface area contributed by atoms with E-state index in [1.165, 1.54) is 26.4 Å². The lowest BCUT2D eigenvalue weighted by Gasteiger charge is -2.20. The van der Waals surface area contributed by atoms with Gasteiger partial charge in [0.25, 0.3) is 5.91 Å². The molecular weight excluding hydrogens is 234 g/mol. The highest BCUT2D eigenvalue weighted by Gasteiger charge is 2.23. The van der Waals surface area contributed by atoms with Crippen LogP contribution in [0.4, 0.5) is 0 Å². The molecule has 0 saturated heterocycles. The van der Waals surface area contributed by atoms with Crippen LogP contribution >= 0.6 is 11.6 Å². The Morgan fingerprint density at radius 1 is 1.50 bits per heavy atom. The van der Waals surface area contributed by atoms with Gasteiger partial charge < -0.3 is 10.0 Å². The maximum absolute atomic E-state index is 11.7. The molecule has 0 aliphatic rings. The first-order valence-corrected chi connectivity index (χ1v) is 4.78. The van der Waals surface area contributed by atoms with Gasteiger partial charge in [0.2, 0.25) is 0 Å². The molecule has 1 unspecified atom stereocenters. The molecule has 0 radical (unpaired) electrons. The number of rotatable bonds is 3. The first-order valence-electron chi connectivity index (χ1n) is 4.41. The van der Waals surface area contributed by atoms with Crippen molar-refractivity contribution in [3.8, 4) is 0 Å². The van der Waals surface area contributed by atoms with Gasteiger partial charge in [-0.15, -0.1) is 0 Å². The maximum atomic E-state index is 11.7. The average molecular weight is 244 g/mol. The van der Waals surface area contributed by atoms with Gasteiger partial charge >= 0.3 is 5.97 Å². The number of likely N-dealkylation sites (N-methyl/N-ethyl adjacent to an activating group) is 1. The monoisotopic (exact) mass is 243 g/mol. The number of amides is 1. The van der Waals surface area contributed by atoms with Gasteiger partial charge in [0, 0.05) is 7.05 Å². The van der Waals surface area contributed by atoms with Crippen molar-refractivity contribution in [2.45, 2.75) is 13.0 Å². The van der Waals surface area contributed by atoms with Gasteiger partial charge in [-0.25, -0.2) is 9.78 Å². The molecule has 1 N–H and O–H groups in total. The molecule has 1 amide bonds. The van der Waals surface area contributed by atoms with Gasteiger partial charge in [-0.05, 0) is 6.92 Å². The fourth-order valence-corrected chi connectivity index (χ4v) is 1.11. The second-order valence-corrected chi connectivity index (χ2v) is 3.54. The summed E-state index contributed by atoms with van der Waals surface area (Å²) in [6.45, 7) is 1.40. The van der Waals surface area contributed by atoms with Crippen LogP contribution in [-0.4, -0.2) is 44.9 Å². The second kappa shape index (κ2) is 4.89. The van der Waals surface area contributed by atoms with Crippen molar-refractivity contribution in [3.05, 3.63) is 23.2 Å². The van der Waals surface area contributed by atoms with E-state index < -0.39 is 17.9 Å². The number of carbonyl (C=O) groups is 2. The van der Waals surface area contributed by atoms with Crippen LogP contribution in [0.3, 0.4) is 0 Å². The van der Waals surface area contributed by atoms with E-state index in [9.17, 15) is 9.59 Å². The number of carbonyl (C=O) groups excluding carboxylic acids is 1. The summed E-state index contributed by atoms with van der Waals surface area (Å²) in [6, 6.07) is -0.937. The molecule has 7 heteroatoms. The quantitative estimate of drug-likeness (QED) is 0.844. The summed E-state index contributed by atoms with van der Waals surface area (Å²) in [5.41, 5.74) is 0.0168. The van der Waals surface area contributed by atoms with E-state index in [4.69, 9.17) is 16.7 Å². The molecule has 1 aromatic heterocycles. The van der Waals surface area contributed by atoms with Crippen molar-refractivity contribution >= 4 is 23.5 Å². The summed E-state index contributed by atoms with van der Waals surface area (Å²) >= 11 is 5.58. The van der Waals surface area contributed by atoms with E-state index in [0.29, 0.717) is 0 Å². The first kappa shape index (κ1) is 12.4. The summed E-state index contributed by atoms with van der Waals surface area (Å²) in [6.07, 6.45) is 2.53. The van der Waals surface area contributed by atoms with E-state index in [1.54, 1.807) is 0 Å². The summed E-state index contributed by atoms with van der Waals surface area (Å²) in [7, 11) is 1.38. The minimum absolute atomic E-state index is 0.0168. The van der Waals surface area contributed by atoms with Gasteiger partial charge in [-0.2, -0.15) is 0 Å². The largest absolute Gasteiger partial charge is 0.480 e. The van der Waals surface area contributed by atoms with Crippen molar-refractivity contribution in [2.24, 2.45) is 0 Å². The van der Waals surface area contributed by atoms with Gasteiger partial charge in [0.05, 0.1) is 12.4 Å². The van der Waals surface area contributed by atoms with Gasteiger partial charge in [0.1, 0.15) is 16.9 Å². The SMILES string of the molecule is CC(C(=O)O)N(C)C(=O)c1cncc(Cl)n1. The summed E-state index contributed by atoms with van der Waals surface area (Å²) in [4.78, 5) is 30.9. The molecule has 16 heavy (non-hydrogen) atoms. The van der Waals surface area contributed by atoms with E-state index in [1.807, 2.05) is 0 Å². The summed E-state index contributed by atoms with van der Waals surface area (Å²) in [5, 5.41) is 8.83. The fourth-order valence-electron chi connectivity index (χ4n) is 0.967. The molecule has 86 valence electrons. The van der Waals surface area contributed by atoms with E-state index in [0.717, 1.165) is 4.90 Å². The highest BCUT2D eigenvalue weighted by atomic mass is 35.5. The Bertz CT molecular complexity index is 424. The Hall–Kier alpha value is -1.69. The maximum Gasteiger partial charge on any atom is 0.326 e. The van der Waals surface area contributed by atoms with Gasteiger partial charge in [0.15, 0.2) is 0 Å². The predicted octanol–water partition coefficient (Wildman–Crippen LogP) is 0.675. The lowest BCUT2D eigenvalue weighted by molar-refractivity contribution is -0.141. The average Bonchev–Trinajstić information content (AvgIpc) is 2.26. The minimum atomic E-state index is -1.09. The Labute approximate surface area is 96.9 Å². The third-order valence-electron chi connectivity index (χ3n) is 2.08. The molecule has 1 rings (SSSR count). The number of hydrogen-bond acceptors (Lipinski definition) is 4. The van der Waals surface area contributed by atoms with Gasteiger partial charge in [-0.1, -0.05) is 11.6 Å². The van der Waals surface area contributed by atoms with Crippen LogP contribution in [0.1, 0.15) is 17.4 Å². The topological polar surface area (TPSA) is 83.4 Å². The zero-order chi connectivity index (χ0) is 12.3. The third kappa shape index (κ3) is 2.66. The summed E-state index contributed by atoms with van der Waals surface area (Å²) in [5.74, 6) is -1.63. The number of carboxylic acid groups (broad SMARTS) is 1. The molecule has 0 bridgehead atoms. The van der Waals surface area contributed by atoms with E-state index in [2.05, 4.69) is 9.97 Å². The Balaban J connectivity index is 2.90. The molecule has 1 atom stereocenters. The summed E-state index contributed by atoms with van der Waals surface area (Å²) < 4.78 is 0. The normalized spacial score (nSPS) is 11.9. The van der Waals surface area contributed by atoms with Gasteiger partial charge in [-0.3, -0.25) is 9.78 Å². The third-order valence-corrected chi connectivity index (χ3v) is 2.27. The number of aromatic nitrogens is 2. The molecule has 0 saturated carbocycles. The van der Waals surface area contributed by atoms with Crippen molar-refractivity contribution in [2.75, 3.05) is 7.05 Å². The standard InChI is InChI=1S/C9H10ClN3O3/c1-5(9(15)16)13(2)8(14)6-3-11-4-7(10)12-6/h3-5H,1-2H3,(H,15,16). The molecule has 0 aromatic carbocycles. The molecule has 0 fully saturated rings. The fraction of sp³-hybridized carbons (Fsp3) is 0.333. The van der Waals surface area contributed by atoms with Crippen molar-refractivity contribution in [1.82, 2.24) is 14.9 Å². The zero-order valence-electron chi connectivity index (χ0n) is 8.72. The van der Waals surface area contributed by atoms with Crippen LogP contribution in [0.2, 0.25) is 5.15 Å². The Morgan fingerprint density at radius 3 is 2.62 bits per heavy atom. The number of nitrogens with zero attached hydrogens (tertiary/aromatic N) is 3.